The second kappa shape index (κ2) is 7.34. The van der Waals surface area contributed by atoms with Crippen LogP contribution in [0.2, 0.25) is 10.0 Å². The monoisotopic (exact) mass is 372 g/mol. The fraction of sp³-hybridized carbons (Fsp3) is 0.150. The fourth-order valence-corrected chi connectivity index (χ4v) is 3.24. The third kappa shape index (κ3) is 3.58. The summed E-state index contributed by atoms with van der Waals surface area (Å²) in [5.41, 5.74) is 2.43. The minimum Gasteiger partial charge on any atom is -0.340 e. The van der Waals surface area contributed by atoms with Crippen LogP contribution in [0.15, 0.2) is 61.2 Å². The van der Waals surface area contributed by atoms with Gasteiger partial charge in [-0.3, -0.25) is 4.79 Å². The Hall–Kier alpha value is -2.23. The Kier molecular flexibility index (Phi) is 5.16. The molecule has 25 heavy (non-hydrogen) atoms. The van der Waals surface area contributed by atoms with E-state index < -0.39 is 0 Å². The van der Waals surface area contributed by atoms with Crippen LogP contribution in [0.5, 0.6) is 0 Å². The van der Waals surface area contributed by atoms with Gasteiger partial charge in [0.25, 0.3) is 5.91 Å². The van der Waals surface area contributed by atoms with Crippen molar-refractivity contribution in [2.45, 2.75) is 6.54 Å². The maximum absolute atomic E-state index is 13.1. The van der Waals surface area contributed by atoms with E-state index >= 15 is 0 Å². The number of benzene rings is 2. The Morgan fingerprint density at radius 3 is 2.68 bits per heavy atom. The molecule has 3 nitrogen and oxygen atoms in total. The van der Waals surface area contributed by atoms with E-state index in [1.165, 1.54) is 0 Å². The van der Waals surface area contributed by atoms with Gasteiger partial charge in [0.1, 0.15) is 5.69 Å². The van der Waals surface area contributed by atoms with Crippen LogP contribution in [0.1, 0.15) is 16.1 Å². The lowest BCUT2D eigenvalue weighted by Gasteiger charge is -2.22. The summed E-state index contributed by atoms with van der Waals surface area (Å²) >= 11 is 12.3. The van der Waals surface area contributed by atoms with E-state index in [1.807, 2.05) is 60.1 Å². The Morgan fingerprint density at radius 1 is 1.20 bits per heavy atom. The number of fused-ring (bicyclic) bond motifs is 1. The van der Waals surface area contributed by atoms with Crippen LogP contribution in [0, 0.1) is 0 Å². The topological polar surface area (TPSA) is 25.2 Å². The molecule has 1 heterocycles. The number of nitrogens with zero attached hydrogens (tertiary/aromatic N) is 2. The Labute approximate surface area is 157 Å². The number of hydrogen-bond acceptors (Lipinski definition) is 1. The van der Waals surface area contributed by atoms with Gasteiger partial charge in [-0.05, 0) is 29.8 Å². The smallest absolute Gasteiger partial charge is 0.271 e. The summed E-state index contributed by atoms with van der Waals surface area (Å²) in [6.45, 7) is 4.63. The molecule has 128 valence electrons. The molecule has 0 aliphatic rings. The van der Waals surface area contributed by atoms with Gasteiger partial charge in [-0.1, -0.05) is 53.5 Å². The minimum absolute atomic E-state index is 0.0744. The van der Waals surface area contributed by atoms with E-state index in [0.29, 0.717) is 28.8 Å². The molecule has 0 atom stereocenters. The summed E-state index contributed by atoms with van der Waals surface area (Å²) in [4.78, 5) is 14.8. The first-order valence-corrected chi connectivity index (χ1v) is 8.65. The van der Waals surface area contributed by atoms with Gasteiger partial charge in [0, 0.05) is 41.1 Å². The molecule has 0 bridgehead atoms. The molecule has 0 unspecified atom stereocenters. The Morgan fingerprint density at radius 2 is 1.96 bits per heavy atom. The summed E-state index contributed by atoms with van der Waals surface area (Å²) in [6, 6.07) is 15.0. The molecule has 0 fully saturated rings. The fourth-order valence-electron chi connectivity index (χ4n) is 2.88. The molecule has 0 saturated heterocycles. The second-order valence-corrected chi connectivity index (χ2v) is 6.70. The average Bonchev–Trinajstić information content (AvgIpc) is 2.92. The average molecular weight is 373 g/mol. The SMILES string of the molecule is C=CCN(Cc1ccccc1Cl)C(=O)c1cc2ccc(Cl)cc2n1C. The van der Waals surface area contributed by atoms with Gasteiger partial charge in [-0.25, -0.2) is 0 Å². The molecule has 5 heteroatoms. The Bertz CT molecular complexity index is 946. The van der Waals surface area contributed by atoms with E-state index in [0.717, 1.165) is 16.5 Å². The lowest BCUT2D eigenvalue weighted by Crippen LogP contribution is -2.32. The quantitative estimate of drug-likeness (QED) is 0.556. The molecule has 0 N–H and O–H groups in total. The predicted octanol–water partition coefficient (Wildman–Crippen LogP) is 5.31. The first-order valence-electron chi connectivity index (χ1n) is 7.90. The number of hydrogen-bond donors (Lipinski definition) is 0. The molecule has 1 aromatic heterocycles. The highest BCUT2D eigenvalue weighted by Crippen LogP contribution is 2.24. The van der Waals surface area contributed by atoms with E-state index in [-0.39, 0.29) is 5.91 Å². The normalized spacial score (nSPS) is 10.8. The number of amides is 1. The molecule has 0 spiro atoms. The maximum Gasteiger partial charge on any atom is 0.271 e. The Balaban J connectivity index is 1.97. The molecule has 0 radical (unpaired) electrons. The van der Waals surface area contributed by atoms with Crippen molar-refractivity contribution in [3.8, 4) is 0 Å². The van der Waals surface area contributed by atoms with E-state index in [4.69, 9.17) is 23.2 Å². The highest BCUT2D eigenvalue weighted by atomic mass is 35.5. The molecular weight excluding hydrogens is 355 g/mol. The largest absolute Gasteiger partial charge is 0.340 e. The molecule has 1 amide bonds. The zero-order valence-corrected chi connectivity index (χ0v) is 15.4. The van der Waals surface area contributed by atoms with Gasteiger partial charge in [-0.15, -0.1) is 6.58 Å². The van der Waals surface area contributed by atoms with Crippen molar-refractivity contribution >= 4 is 40.0 Å². The number of carbonyl (C=O) groups excluding carboxylic acids is 1. The molecule has 2 aromatic carbocycles. The zero-order chi connectivity index (χ0) is 18.0. The lowest BCUT2D eigenvalue weighted by atomic mass is 10.2. The first-order chi connectivity index (χ1) is 12.0. The van der Waals surface area contributed by atoms with Crippen molar-refractivity contribution in [2.24, 2.45) is 7.05 Å². The van der Waals surface area contributed by atoms with Crippen LogP contribution in [0.3, 0.4) is 0 Å². The van der Waals surface area contributed by atoms with Gasteiger partial charge < -0.3 is 9.47 Å². The van der Waals surface area contributed by atoms with Gasteiger partial charge in [0.05, 0.1) is 0 Å². The van der Waals surface area contributed by atoms with E-state index in [9.17, 15) is 4.79 Å². The number of aromatic nitrogens is 1. The standard InChI is InChI=1S/C20H18Cl2N2O/c1-3-10-24(13-15-6-4-5-7-17(15)22)20(25)19-11-14-8-9-16(21)12-18(14)23(19)2/h3-9,11-12H,1,10,13H2,2H3. The highest BCUT2D eigenvalue weighted by Gasteiger charge is 2.20. The van der Waals surface area contributed by atoms with Crippen LogP contribution < -0.4 is 0 Å². The van der Waals surface area contributed by atoms with Crippen LogP contribution in [0.4, 0.5) is 0 Å². The van der Waals surface area contributed by atoms with Crippen molar-refractivity contribution < 1.29 is 4.79 Å². The number of halogens is 2. The molecule has 0 aliphatic heterocycles. The second-order valence-electron chi connectivity index (χ2n) is 5.86. The molecular formula is C20H18Cl2N2O. The summed E-state index contributed by atoms with van der Waals surface area (Å²) < 4.78 is 1.87. The van der Waals surface area contributed by atoms with Gasteiger partial charge in [0.15, 0.2) is 0 Å². The van der Waals surface area contributed by atoms with Crippen molar-refractivity contribution in [1.29, 1.82) is 0 Å². The summed E-state index contributed by atoms with van der Waals surface area (Å²) in [5, 5.41) is 2.27. The first kappa shape index (κ1) is 17.6. The molecule has 3 aromatic rings. The third-order valence-electron chi connectivity index (χ3n) is 4.18. The molecule has 0 aliphatic carbocycles. The van der Waals surface area contributed by atoms with Crippen molar-refractivity contribution in [1.82, 2.24) is 9.47 Å². The number of aryl methyl sites for hydroxylation is 1. The third-order valence-corrected chi connectivity index (χ3v) is 4.79. The molecule has 3 rings (SSSR count). The summed E-state index contributed by atoms with van der Waals surface area (Å²) in [6.07, 6.45) is 1.72. The van der Waals surface area contributed by atoms with Gasteiger partial charge in [-0.2, -0.15) is 0 Å². The van der Waals surface area contributed by atoms with Crippen molar-refractivity contribution in [3.05, 3.63) is 82.5 Å². The summed E-state index contributed by atoms with van der Waals surface area (Å²) in [7, 11) is 1.87. The zero-order valence-electron chi connectivity index (χ0n) is 13.9. The number of carbonyl (C=O) groups is 1. The van der Waals surface area contributed by atoms with Crippen LogP contribution in [-0.4, -0.2) is 21.9 Å². The van der Waals surface area contributed by atoms with Crippen LogP contribution in [-0.2, 0) is 13.6 Å². The highest BCUT2D eigenvalue weighted by molar-refractivity contribution is 6.31. The van der Waals surface area contributed by atoms with Crippen LogP contribution in [0.25, 0.3) is 10.9 Å². The van der Waals surface area contributed by atoms with Gasteiger partial charge >= 0.3 is 0 Å². The van der Waals surface area contributed by atoms with E-state index in [1.54, 1.807) is 11.0 Å². The lowest BCUT2D eigenvalue weighted by molar-refractivity contribution is 0.0753. The molecule has 0 saturated carbocycles. The maximum atomic E-state index is 13.1. The number of rotatable bonds is 5. The summed E-state index contributed by atoms with van der Waals surface area (Å²) in [5.74, 6) is -0.0744. The van der Waals surface area contributed by atoms with E-state index in [2.05, 4.69) is 6.58 Å². The van der Waals surface area contributed by atoms with Crippen molar-refractivity contribution in [3.63, 3.8) is 0 Å². The predicted molar refractivity (Wildman–Crippen MR) is 104 cm³/mol. The van der Waals surface area contributed by atoms with Crippen molar-refractivity contribution in [2.75, 3.05) is 6.54 Å². The van der Waals surface area contributed by atoms with Crippen LogP contribution >= 0.6 is 23.2 Å². The minimum atomic E-state index is -0.0744. The van der Waals surface area contributed by atoms with Gasteiger partial charge in [0.2, 0.25) is 0 Å².